The number of rotatable bonds is 3. The van der Waals surface area contributed by atoms with Gasteiger partial charge in [0, 0.05) is 37.3 Å². The third-order valence-corrected chi connectivity index (χ3v) is 3.66. The fourth-order valence-electron chi connectivity index (χ4n) is 2.73. The number of benzene rings is 1. The Bertz CT molecular complexity index is 595. The van der Waals surface area contributed by atoms with E-state index in [-0.39, 0.29) is 0 Å². The minimum atomic E-state index is 0.855. The smallest absolute Gasteiger partial charge is 0.141 e. The van der Waals surface area contributed by atoms with E-state index in [1.165, 1.54) is 16.9 Å². The van der Waals surface area contributed by atoms with E-state index in [0.29, 0.717) is 0 Å². The molecule has 3 rings (SSSR count). The van der Waals surface area contributed by atoms with Crippen molar-refractivity contribution in [1.29, 1.82) is 0 Å². The van der Waals surface area contributed by atoms with E-state index in [9.17, 15) is 0 Å². The van der Waals surface area contributed by atoms with Gasteiger partial charge in [-0.3, -0.25) is 0 Å². The molecule has 0 aliphatic carbocycles. The van der Waals surface area contributed by atoms with Crippen molar-refractivity contribution in [2.75, 3.05) is 18.0 Å². The topological polar surface area (TPSA) is 41.1 Å². The third-order valence-electron chi connectivity index (χ3n) is 3.66. The van der Waals surface area contributed by atoms with Gasteiger partial charge >= 0.3 is 0 Å². The summed E-state index contributed by atoms with van der Waals surface area (Å²) in [7, 11) is 0. The van der Waals surface area contributed by atoms with Gasteiger partial charge in [0.2, 0.25) is 0 Å². The van der Waals surface area contributed by atoms with Gasteiger partial charge in [0.25, 0.3) is 0 Å². The summed E-state index contributed by atoms with van der Waals surface area (Å²) >= 11 is 0. The van der Waals surface area contributed by atoms with Gasteiger partial charge in [-0.1, -0.05) is 18.2 Å². The largest absolute Gasteiger partial charge is 0.326 e. The Kier molecular flexibility index (Phi) is 3.65. The maximum absolute atomic E-state index is 4.71. The first-order valence-corrected chi connectivity index (χ1v) is 7.19. The van der Waals surface area contributed by atoms with Crippen LogP contribution in [0.2, 0.25) is 0 Å². The summed E-state index contributed by atoms with van der Waals surface area (Å²) in [6, 6.07) is 10.4. The zero-order valence-electron chi connectivity index (χ0n) is 12.1. The number of fused-ring (bicyclic) bond motifs is 1. The van der Waals surface area contributed by atoms with E-state index in [4.69, 9.17) is 4.98 Å². The van der Waals surface area contributed by atoms with Gasteiger partial charge < -0.3 is 10.2 Å². The summed E-state index contributed by atoms with van der Waals surface area (Å²) in [4.78, 5) is 11.6. The van der Waals surface area contributed by atoms with Crippen LogP contribution in [0.3, 0.4) is 0 Å². The molecule has 0 bridgehead atoms. The van der Waals surface area contributed by atoms with Crippen LogP contribution in [-0.4, -0.2) is 23.1 Å². The minimum Gasteiger partial charge on any atom is -0.326 e. The molecule has 1 N–H and O–H groups in total. The molecule has 2 heterocycles. The van der Waals surface area contributed by atoms with Crippen LogP contribution in [0.15, 0.2) is 30.3 Å². The van der Waals surface area contributed by atoms with Crippen molar-refractivity contribution in [3.05, 3.63) is 47.4 Å². The molecule has 104 valence electrons. The molecule has 4 nitrogen and oxygen atoms in total. The minimum absolute atomic E-state index is 0.855. The Hall–Kier alpha value is -1.94. The van der Waals surface area contributed by atoms with Crippen LogP contribution in [0.1, 0.15) is 24.0 Å². The van der Waals surface area contributed by atoms with Gasteiger partial charge in [0.05, 0.1) is 5.69 Å². The van der Waals surface area contributed by atoms with E-state index in [1.54, 1.807) is 0 Å². The van der Waals surface area contributed by atoms with Crippen LogP contribution in [0.25, 0.3) is 0 Å². The standard InChI is InChI=1S/C16H20N4/c1-3-20(13-7-5-4-6-8-13)16-14-11-17-10-9-15(14)18-12(2)19-16/h4-8,17H,3,9-11H2,1-2H3. The third kappa shape index (κ3) is 2.39. The Labute approximate surface area is 119 Å². The zero-order chi connectivity index (χ0) is 13.9. The maximum atomic E-state index is 4.71. The lowest BCUT2D eigenvalue weighted by Gasteiger charge is -2.28. The first-order chi connectivity index (χ1) is 9.79. The van der Waals surface area contributed by atoms with E-state index < -0.39 is 0 Å². The van der Waals surface area contributed by atoms with Crippen LogP contribution < -0.4 is 10.2 Å². The second-order valence-corrected chi connectivity index (χ2v) is 5.03. The Morgan fingerprint density at radius 1 is 1.20 bits per heavy atom. The molecule has 0 atom stereocenters. The molecular weight excluding hydrogens is 248 g/mol. The quantitative estimate of drug-likeness (QED) is 0.929. The highest BCUT2D eigenvalue weighted by Gasteiger charge is 2.20. The number of para-hydroxylation sites is 1. The predicted octanol–water partition coefficient (Wildman–Crippen LogP) is 2.59. The lowest BCUT2D eigenvalue weighted by atomic mass is 10.1. The number of aryl methyl sites for hydroxylation is 1. The number of nitrogens with one attached hydrogen (secondary N) is 1. The lowest BCUT2D eigenvalue weighted by Crippen LogP contribution is -2.29. The average molecular weight is 268 g/mol. The molecule has 0 spiro atoms. The van der Waals surface area contributed by atoms with Gasteiger partial charge in [0.15, 0.2) is 0 Å². The molecule has 0 saturated carbocycles. The summed E-state index contributed by atoms with van der Waals surface area (Å²) in [6.45, 7) is 6.89. The normalized spacial score (nSPS) is 13.9. The van der Waals surface area contributed by atoms with Crippen molar-refractivity contribution >= 4 is 11.5 Å². The first-order valence-electron chi connectivity index (χ1n) is 7.19. The molecule has 4 heteroatoms. The molecule has 20 heavy (non-hydrogen) atoms. The Morgan fingerprint density at radius 3 is 2.75 bits per heavy atom. The molecule has 2 aromatic rings. The summed E-state index contributed by atoms with van der Waals surface area (Å²) in [6.07, 6.45) is 0.984. The molecule has 0 unspecified atom stereocenters. The average Bonchev–Trinajstić information content (AvgIpc) is 2.49. The molecule has 0 saturated heterocycles. The number of anilines is 2. The van der Waals surface area contributed by atoms with Gasteiger partial charge in [0.1, 0.15) is 11.6 Å². The number of nitrogens with zero attached hydrogens (tertiary/aromatic N) is 3. The molecule has 0 radical (unpaired) electrons. The van der Waals surface area contributed by atoms with E-state index in [1.807, 2.05) is 13.0 Å². The van der Waals surface area contributed by atoms with Crippen molar-refractivity contribution in [3.8, 4) is 0 Å². The van der Waals surface area contributed by atoms with Crippen LogP contribution in [0.4, 0.5) is 11.5 Å². The van der Waals surface area contributed by atoms with Crippen LogP contribution in [0.5, 0.6) is 0 Å². The van der Waals surface area contributed by atoms with Crippen molar-refractivity contribution in [2.45, 2.75) is 26.8 Å². The predicted molar refractivity (Wildman–Crippen MR) is 81.3 cm³/mol. The van der Waals surface area contributed by atoms with E-state index >= 15 is 0 Å². The molecule has 1 aliphatic rings. The maximum Gasteiger partial charge on any atom is 0.141 e. The molecular formula is C16H20N4. The Morgan fingerprint density at radius 2 is 2.00 bits per heavy atom. The summed E-state index contributed by atoms with van der Waals surface area (Å²) in [5, 5.41) is 3.42. The molecule has 1 aliphatic heterocycles. The lowest BCUT2D eigenvalue weighted by molar-refractivity contribution is 0.621. The van der Waals surface area contributed by atoms with E-state index in [2.05, 4.69) is 46.4 Å². The highest BCUT2D eigenvalue weighted by Crippen LogP contribution is 2.29. The van der Waals surface area contributed by atoms with E-state index in [0.717, 1.165) is 37.7 Å². The number of hydrogen-bond donors (Lipinski definition) is 1. The highest BCUT2D eigenvalue weighted by molar-refractivity contribution is 5.63. The van der Waals surface area contributed by atoms with Crippen molar-refractivity contribution < 1.29 is 0 Å². The van der Waals surface area contributed by atoms with Gasteiger partial charge in [-0.2, -0.15) is 0 Å². The molecule has 0 amide bonds. The van der Waals surface area contributed by atoms with Crippen LogP contribution in [-0.2, 0) is 13.0 Å². The number of hydrogen-bond acceptors (Lipinski definition) is 4. The summed E-state index contributed by atoms with van der Waals surface area (Å²) < 4.78 is 0. The first kappa shape index (κ1) is 13.1. The Balaban J connectivity index is 2.10. The van der Waals surface area contributed by atoms with Gasteiger partial charge in [-0.25, -0.2) is 9.97 Å². The fraction of sp³-hybridized carbons (Fsp3) is 0.375. The molecule has 1 aromatic heterocycles. The van der Waals surface area contributed by atoms with Crippen molar-refractivity contribution in [3.63, 3.8) is 0 Å². The zero-order valence-corrected chi connectivity index (χ0v) is 12.1. The fourth-order valence-corrected chi connectivity index (χ4v) is 2.73. The van der Waals surface area contributed by atoms with Crippen LogP contribution >= 0.6 is 0 Å². The van der Waals surface area contributed by atoms with Crippen molar-refractivity contribution in [2.24, 2.45) is 0 Å². The summed E-state index contributed by atoms with van der Waals surface area (Å²) in [5.41, 5.74) is 3.62. The number of aromatic nitrogens is 2. The molecule has 1 aromatic carbocycles. The SMILES string of the molecule is CCN(c1ccccc1)c1nc(C)nc2c1CNCC2. The second kappa shape index (κ2) is 5.59. The second-order valence-electron chi connectivity index (χ2n) is 5.03. The van der Waals surface area contributed by atoms with Crippen molar-refractivity contribution in [1.82, 2.24) is 15.3 Å². The summed E-state index contributed by atoms with van der Waals surface area (Å²) in [5.74, 6) is 1.91. The highest BCUT2D eigenvalue weighted by atomic mass is 15.2. The van der Waals surface area contributed by atoms with Crippen LogP contribution in [0, 0.1) is 6.92 Å². The molecule has 0 fully saturated rings. The van der Waals surface area contributed by atoms with Gasteiger partial charge in [-0.15, -0.1) is 0 Å². The van der Waals surface area contributed by atoms with Gasteiger partial charge in [-0.05, 0) is 26.0 Å². The monoisotopic (exact) mass is 268 g/mol.